The van der Waals surface area contributed by atoms with E-state index in [4.69, 9.17) is 4.74 Å². The normalized spacial score (nSPS) is 15.5. The zero-order chi connectivity index (χ0) is 30.9. The third-order valence-corrected chi connectivity index (χ3v) is 11.1. The van der Waals surface area contributed by atoms with Crippen LogP contribution in [0.5, 0.6) is 0 Å². The smallest absolute Gasteiger partial charge is 0.410 e. The summed E-state index contributed by atoms with van der Waals surface area (Å²) in [4.78, 5) is 17.7. The van der Waals surface area contributed by atoms with E-state index in [-0.39, 0.29) is 24.7 Å². The fourth-order valence-electron chi connectivity index (χ4n) is 5.95. The number of carbonyl (C=O) groups is 1. The first kappa shape index (κ1) is 32.5. The summed E-state index contributed by atoms with van der Waals surface area (Å²) in [7, 11) is -3.51. The van der Waals surface area contributed by atoms with E-state index in [0.717, 1.165) is 44.5 Å². The molecule has 0 radical (unpaired) electrons. The molecule has 3 aromatic carbocycles. The van der Waals surface area contributed by atoms with E-state index in [0.29, 0.717) is 17.9 Å². The van der Waals surface area contributed by atoms with E-state index >= 15 is 0 Å². The first-order valence-electron chi connectivity index (χ1n) is 15.3. The number of likely N-dealkylation sites (tertiary alicyclic amines) is 1. The Morgan fingerprint density at radius 3 is 2.21 bits per heavy atom. The molecule has 0 spiro atoms. The molecule has 4 rings (SSSR count). The molecule has 6 nitrogen and oxygen atoms in total. The van der Waals surface area contributed by atoms with Crippen molar-refractivity contribution in [3.8, 4) is 0 Å². The fraction of sp³-hybridized carbons (Fsp3) is 0.417. The number of rotatable bonds is 13. The Labute approximate surface area is 258 Å². The van der Waals surface area contributed by atoms with Gasteiger partial charge in [0.25, 0.3) is 0 Å². The molecule has 230 valence electrons. The maximum atomic E-state index is 13.6. The summed E-state index contributed by atoms with van der Waals surface area (Å²) in [6, 6.07) is 27.1. The molecule has 1 heterocycles. The Bertz CT molecular complexity index is 1420. The van der Waals surface area contributed by atoms with Gasteiger partial charge in [0.15, 0.2) is 9.84 Å². The molecular weight excluding hydrogens is 556 g/mol. The molecule has 0 saturated carbocycles. The van der Waals surface area contributed by atoms with Crippen LogP contribution < -0.4 is 0 Å². The standard InChI is InChI=1S/C36H46N2O4S/c1-5-23-38(35(39)42-28-30-18-16-29(2)17-19-30)33-21-25-37(26-22-33)24-20-32(31-12-8-6-9-13-31)27-36(3,4)43(40,41)34-14-10-7-11-15-34/h5-19,32-33H,1,20-28H2,2-4H3. The zero-order valence-electron chi connectivity index (χ0n) is 25.8. The highest BCUT2D eigenvalue weighted by atomic mass is 32.2. The van der Waals surface area contributed by atoms with Crippen LogP contribution in [-0.4, -0.2) is 61.3 Å². The summed E-state index contributed by atoms with van der Waals surface area (Å²) in [6.07, 6.45) is 4.57. The fourth-order valence-corrected chi connectivity index (χ4v) is 7.52. The lowest BCUT2D eigenvalue weighted by atomic mass is 9.87. The van der Waals surface area contributed by atoms with Gasteiger partial charge in [-0.1, -0.05) is 84.4 Å². The van der Waals surface area contributed by atoms with Gasteiger partial charge < -0.3 is 14.5 Å². The second-order valence-electron chi connectivity index (χ2n) is 12.2. The number of ether oxygens (including phenoxy) is 1. The van der Waals surface area contributed by atoms with Gasteiger partial charge in [-0.05, 0) is 82.2 Å². The third-order valence-electron chi connectivity index (χ3n) is 8.62. The highest BCUT2D eigenvalue weighted by Gasteiger charge is 2.38. The second-order valence-corrected chi connectivity index (χ2v) is 14.8. The Hall–Kier alpha value is -3.42. The van der Waals surface area contributed by atoms with Gasteiger partial charge in [0, 0.05) is 25.7 Å². The molecule has 1 amide bonds. The van der Waals surface area contributed by atoms with Crippen LogP contribution in [0.25, 0.3) is 0 Å². The van der Waals surface area contributed by atoms with Gasteiger partial charge in [0.1, 0.15) is 6.61 Å². The maximum Gasteiger partial charge on any atom is 0.410 e. The van der Waals surface area contributed by atoms with E-state index in [1.165, 1.54) is 11.1 Å². The lowest BCUT2D eigenvalue weighted by Crippen LogP contribution is -2.48. The van der Waals surface area contributed by atoms with Crippen molar-refractivity contribution in [3.63, 3.8) is 0 Å². The largest absolute Gasteiger partial charge is 0.445 e. The minimum Gasteiger partial charge on any atom is -0.445 e. The molecule has 1 atom stereocenters. The number of carbonyl (C=O) groups excluding carboxylic acids is 1. The predicted molar refractivity (Wildman–Crippen MR) is 174 cm³/mol. The van der Waals surface area contributed by atoms with E-state index in [1.54, 1.807) is 30.3 Å². The van der Waals surface area contributed by atoms with Crippen LogP contribution in [0.3, 0.4) is 0 Å². The van der Waals surface area contributed by atoms with Crippen molar-refractivity contribution in [3.05, 3.63) is 114 Å². The van der Waals surface area contributed by atoms with Crippen molar-refractivity contribution >= 4 is 15.9 Å². The second kappa shape index (κ2) is 14.8. The predicted octanol–water partition coefficient (Wildman–Crippen LogP) is 7.40. The monoisotopic (exact) mass is 602 g/mol. The molecule has 43 heavy (non-hydrogen) atoms. The summed E-state index contributed by atoms with van der Waals surface area (Å²) in [6.45, 7) is 12.9. The van der Waals surface area contributed by atoms with Crippen molar-refractivity contribution in [2.45, 2.75) is 74.7 Å². The molecule has 0 aromatic heterocycles. The Balaban J connectivity index is 1.36. The quantitative estimate of drug-likeness (QED) is 0.191. The summed E-state index contributed by atoms with van der Waals surface area (Å²) >= 11 is 0. The molecule has 3 aromatic rings. The van der Waals surface area contributed by atoms with Gasteiger partial charge in [-0.2, -0.15) is 0 Å². The average molecular weight is 603 g/mol. The van der Waals surface area contributed by atoms with E-state index in [9.17, 15) is 13.2 Å². The van der Waals surface area contributed by atoms with Crippen LogP contribution in [0.4, 0.5) is 4.79 Å². The van der Waals surface area contributed by atoms with Crippen LogP contribution in [0.2, 0.25) is 0 Å². The molecule has 0 bridgehead atoms. The van der Waals surface area contributed by atoms with Gasteiger partial charge >= 0.3 is 6.09 Å². The Morgan fingerprint density at radius 2 is 1.60 bits per heavy atom. The van der Waals surface area contributed by atoms with Crippen molar-refractivity contribution < 1.29 is 17.9 Å². The molecule has 1 aliphatic heterocycles. The highest BCUT2D eigenvalue weighted by molar-refractivity contribution is 7.92. The molecule has 1 aliphatic rings. The number of hydrogen-bond donors (Lipinski definition) is 0. The lowest BCUT2D eigenvalue weighted by Gasteiger charge is -2.38. The van der Waals surface area contributed by atoms with Crippen LogP contribution in [0, 0.1) is 6.92 Å². The zero-order valence-corrected chi connectivity index (χ0v) is 26.6. The van der Waals surface area contributed by atoms with Crippen LogP contribution >= 0.6 is 0 Å². The Morgan fingerprint density at radius 1 is 1.00 bits per heavy atom. The number of aryl methyl sites for hydroxylation is 1. The number of nitrogens with zero attached hydrogens (tertiary/aromatic N) is 2. The van der Waals surface area contributed by atoms with Crippen LogP contribution in [0.1, 0.15) is 62.1 Å². The van der Waals surface area contributed by atoms with E-state index in [1.807, 2.05) is 74.2 Å². The number of amides is 1. The number of piperidine rings is 1. The van der Waals surface area contributed by atoms with Crippen LogP contribution in [0.15, 0.2) is 102 Å². The Kier molecular flexibility index (Phi) is 11.2. The number of benzene rings is 3. The molecular formula is C36H46N2O4S. The molecule has 1 saturated heterocycles. The van der Waals surface area contributed by atoms with Crippen molar-refractivity contribution in [1.29, 1.82) is 0 Å². The molecule has 1 fully saturated rings. The number of hydrogen-bond acceptors (Lipinski definition) is 5. The topological polar surface area (TPSA) is 66.9 Å². The number of sulfone groups is 1. The van der Waals surface area contributed by atoms with Crippen LogP contribution in [-0.2, 0) is 21.2 Å². The van der Waals surface area contributed by atoms with Crippen molar-refractivity contribution in [2.24, 2.45) is 0 Å². The average Bonchev–Trinajstić information content (AvgIpc) is 3.02. The van der Waals surface area contributed by atoms with Gasteiger partial charge in [0.2, 0.25) is 0 Å². The minimum atomic E-state index is -3.51. The minimum absolute atomic E-state index is 0.0969. The molecule has 1 unspecified atom stereocenters. The van der Waals surface area contributed by atoms with Crippen molar-refractivity contribution in [1.82, 2.24) is 9.80 Å². The first-order valence-corrected chi connectivity index (χ1v) is 16.8. The van der Waals surface area contributed by atoms with Gasteiger partial charge in [-0.25, -0.2) is 13.2 Å². The third kappa shape index (κ3) is 8.58. The van der Waals surface area contributed by atoms with Gasteiger partial charge in [-0.15, -0.1) is 6.58 Å². The van der Waals surface area contributed by atoms with E-state index < -0.39 is 14.6 Å². The molecule has 7 heteroatoms. The molecule has 0 aliphatic carbocycles. The van der Waals surface area contributed by atoms with Gasteiger partial charge in [0.05, 0.1) is 9.64 Å². The lowest BCUT2D eigenvalue weighted by molar-refractivity contribution is 0.0654. The van der Waals surface area contributed by atoms with Crippen molar-refractivity contribution in [2.75, 3.05) is 26.2 Å². The van der Waals surface area contributed by atoms with Gasteiger partial charge in [-0.3, -0.25) is 0 Å². The van der Waals surface area contributed by atoms with E-state index in [2.05, 4.69) is 23.6 Å². The summed E-state index contributed by atoms with van der Waals surface area (Å²) in [5.74, 6) is 0.0985. The summed E-state index contributed by atoms with van der Waals surface area (Å²) in [5, 5.41) is 0. The summed E-state index contributed by atoms with van der Waals surface area (Å²) in [5.41, 5.74) is 3.31. The highest BCUT2D eigenvalue weighted by Crippen LogP contribution is 2.37. The SMILES string of the molecule is C=CCN(C(=O)OCc1ccc(C)cc1)C1CCN(CCC(CC(C)(C)S(=O)(=O)c2ccccc2)c2ccccc2)CC1. The molecule has 0 N–H and O–H groups in total. The summed E-state index contributed by atoms with van der Waals surface area (Å²) < 4.78 is 32.0. The first-order chi connectivity index (χ1) is 20.6. The maximum absolute atomic E-state index is 13.6.